The lowest BCUT2D eigenvalue weighted by Crippen LogP contribution is -2.37. The molecule has 0 spiro atoms. The molecular weight excluding hydrogens is 226 g/mol. The Morgan fingerprint density at radius 2 is 2.25 bits per heavy atom. The van der Waals surface area contributed by atoms with Crippen LogP contribution in [0.3, 0.4) is 0 Å². The number of aromatic nitrogens is 2. The van der Waals surface area contributed by atoms with Crippen molar-refractivity contribution in [2.75, 3.05) is 0 Å². The van der Waals surface area contributed by atoms with Crippen molar-refractivity contribution in [1.82, 2.24) is 9.78 Å². The summed E-state index contributed by atoms with van der Waals surface area (Å²) in [6, 6.07) is -0.523. The molecule has 0 aliphatic carbocycles. The Hall–Kier alpha value is -0.870. The van der Waals surface area contributed by atoms with Crippen molar-refractivity contribution in [3.63, 3.8) is 0 Å². The molecule has 1 unspecified atom stereocenters. The maximum atomic E-state index is 12.1. The van der Waals surface area contributed by atoms with Gasteiger partial charge in [-0.05, 0) is 12.3 Å². The smallest absolute Gasteiger partial charge is 0.199 e. The molecule has 16 heavy (non-hydrogen) atoms. The molecule has 0 saturated carbocycles. The Labute approximate surface area is 101 Å². The van der Waals surface area contributed by atoms with Gasteiger partial charge in [0, 0.05) is 6.54 Å². The summed E-state index contributed by atoms with van der Waals surface area (Å²) in [6.45, 7) is 6.53. The number of ketones is 1. The van der Waals surface area contributed by atoms with E-state index in [2.05, 4.69) is 5.10 Å². The van der Waals surface area contributed by atoms with Crippen molar-refractivity contribution in [2.24, 2.45) is 11.7 Å². The van der Waals surface area contributed by atoms with Crippen LogP contribution in [0, 0.1) is 5.92 Å². The van der Waals surface area contributed by atoms with Crippen LogP contribution in [0.5, 0.6) is 0 Å². The second-order valence-electron chi connectivity index (χ2n) is 4.20. The first-order chi connectivity index (χ1) is 7.49. The van der Waals surface area contributed by atoms with Gasteiger partial charge < -0.3 is 5.73 Å². The Balaban J connectivity index is 3.02. The van der Waals surface area contributed by atoms with E-state index in [-0.39, 0.29) is 11.7 Å². The molecule has 1 atom stereocenters. The number of hydrogen-bond acceptors (Lipinski definition) is 3. The minimum Gasteiger partial charge on any atom is -0.321 e. The summed E-state index contributed by atoms with van der Waals surface area (Å²) < 4.78 is 1.63. The van der Waals surface area contributed by atoms with Crippen LogP contribution >= 0.6 is 11.6 Å². The van der Waals surface area contributed by atoms with Crippen LogP contribution in [0.15, 0.2) is 6.20 Å². The van der Waals surface area contributed by atoms with E-state index < -0.39 is 6.04 Å². The highest BCUT2D eigenvalue weighted by molar-refractivity contribution is 6.33. The molecule has 0 radical (unpaired) electrons. The van der Waals surface area contributed by atoms with Gasteiger partial charge >= 0.3 is 0 Å². The average molecular weight is 244 g/mol. The van der Waals surface area contributed by atoms with Gasteiger partial charge in [0.15, 0.2) is 5.78 Å². The SMILES string of the molecule is CCCn1ncc(Cl)c1C(=O)C(N)C(C)C. The van der Waals surface area contributed by atoms with Gasteiger partial charge in [-0.25, -0.2) is 0 Å². The maximum Gasteiger partial charge on any atom is 0.199 e. The Kier molecular flexibility index (Phi) is 4.50. The molecule has 4 nitrogen and oxygen atoms in total. The van der Waals surface area contributed by atoms with Gasteiger partial charge in [-0.3, -0.25) is 9.48 Å². The van der Waals surface area contributed by atoms with Crippen LogP contribution in [0.4, 0.5) is 0 Å². The molecule has 2 N–H and O–H groups in total. The molecule has 1 aromatic rings. The summed E-state index contributed by atoms with van der Waals surface area (Å²) in [6.07, 6.45) is 2.40. The van der Waals surface area contributed by atoms with E-state index in [1.807, 2.05) is 20.8 Å². The first kappa shape index (κ1) is 13.2. The van der Waals surface area contributed by atoms with Crippen molar-refractivity contribution < 1.29 is 4.79 Å². The van der Waals surface area contributed by atoms with E-state index in [1.54, 1.807) is 4.68 Å². The third kappa shape index (κ3) is 2.62. The lowest BCUT2D eigenvalue weighted by atomic mass is 9.99. The third-order valence-corrected chi connectivity index (χ3v) is 2.76. The van der Waals surface area contributed by atoms with Crippen LogP contribution in [0.2, 0.25) is 5.02 Å². The van der Waals surface area contributed by atoms with E-state index in [0.717, 1.165) is 6.42 Å². The quantitative estimate of drug-likeness (QED) is 0.806. The van der Waals surface area contributed by atoms with Gasteiger partial charge in [0.1, 0.15) is 5.69 Å². The number of Topliss-reactive ketones (excluding diaryl/α,β-unsaturated/α-hetero) is 1. The van der Waals surface area contributed by atoms with Crippen LogP contribution in [-0.2, 0) is 6.54 Å². The van der Waals surface area contributed by atoms with Crippen LogP contribution in [0.25, 0.3) is 0 Å². The lowest BCUT2D eigenvalue weighted by Gasteiger charge is -2.15. The van der Waals surface area contributed by atoms with Gasteiger partial charge in [0.25, 0.3) is 0 Å². The summed E-state index contributed by atoms with van der Waals surface area (Å²) in [7, 11) is 0. The number of aryl methyl sites for hydroxylation is 1. The minimum absolute atomic E-state index is 0.0912. The molecule has 1 rings (SSSR count). The number of nitrogens with zero attached hydrogens (tertiary/aromatic N) is 2. The van der Waals surface area contributed by atoms with E-state index in [1.165, 1.54) is 6.20 Å². The molecule has 90 valence electrons. The molecule has 1 aromatic heterocycles. The first-order valence-electron chi connectivity index (χ1n) is 5.50. The molecule has 0 saturated heterocycles. The second kappa shape index (κ2) is 5.46. The lowest BCUT2D eigenvalue weighted by molar-refractivity contribution is 0.0929. The van der Waals surface area contributed by atoms with Crippen molar-refractivity contribution in [3.05, 3.63) is 16.9 Å². The Morgan fingerprint density at radius 1 is 1.62 bits per heavy atom. The summed E-state index contributed by atoms with van der Waals surface area (Å²) in [5, 5.41) is 4.46. The molecule has 0 aliphatic rings. The molecule has 0 fully saturated rings. The topological polar surface area (TPSA) is 60.9 Å². The summed E-state index contributed by atoms with van der Waals surface area (Å²) >= 11 is 5.96. The first-order valence-corrected chi connectivity index (χ1v) is 5.87. The fraction of sp³-hybridized carbons (Fsp3) is 0.636. The highest BCUT2D eigenvalue weighted by Crippen LogP contribution is 2.18. The van der Waals surface area contributed by atoms with E-state index >= 15 is 0 Å². The normalized spacial score (nSPS) is 13.1. The summed E-state index contributed by atoms with van der Waals surface area (Å²) in [5.74, 6) is -0.0421. The zero-order valence-electron chi connectivity index (χ0n) is 9.90. The molecule has 5 heteroatoms. The predicted molar refractivity (Wildman–Crippen MR) is 64.7 cm³/mol. The van der Waals surface area contributed by atoms with Gasteiger partial charge in [-0.1, -0.05) is 32.4 Å². The third-order valence-electron chi connectivity index (χ3n) is 2.48. The van der Waals surface area contributed by atoms with Crippen LogP contribution < -0.4 is 5.73 Å². The standard InChI is InChI=1S/C11H18ClN3O/c1-4-5-15-10(8(12)6-14-15)11(16)9(13)7(2)3/h6-7,9H,4-5,13H2,1-3H3. The fourth-order valence-electron chi connectivity index (χ4n) is 1.45. The number of nitrogens with two attached hydrogens (primary N) is 1. The number of hydrogen-bond donors (Lipinski definition) is 1. The van der Waals surface area contributed by atoms with E-state index in [4.69, 9.17) is 17.3 Å². The number of halogens is 1. The van der Waals surface area contributed by atoms with Crippen LogP contribution in [0.1, 0.15) is 37.7 Å². The second-order valence-corrected chi connectivity index (χ2v) is 4.61. The highest BCUT2D eigenvalue weighted by atomic mass is 35.5. The fourth-order valence-corrected chi connectivity index (χ4v) is 1.68. The number of carbonyl (C=O) groups excluding carboxylic acids is 1. The highest BCUT2D eigenvalue weighted by Gasteiger charge is 2.25. The monoisotopic (exact) mass is 243 g/mol. The van der Waals surface area contributed by atoms with E-state index in [9.17, 15) is 4.79 Å². The maximum absolute atomic E-state index is 12.1. The molecule has 0 bridgehead atoms. The molecule has 0 amide bonds. The molecule has 1 heterocycles. The largest absolute Gasteiger partial charge is 0.321 e. The van der Waals surface area contributed by atoms with Crippen molar-refractivity contribution in [3.8, 4) is 0 Å². The predicted octanol–water partition coefficient (Wildman–Crippen LogP) is 2.11. The van der Waals surface area contributed by atoms with Crippen molar-refractivity contribution in [2.45, 2.75) is 39.8 Å². The van der Waals surface area contributed by atoms with Gasteiger partial charge in [-0.15, -0.1) is 0 Å². The molecule has 0 aromatic carbocycles. The number of carbonyl (C=O) groups is 1. The van der Waals surface area contributed by atoms with E-state index in [0.29, 0.717) is 17.3 Å². The minimum atomic E-state index is -0.523. The zero-order valence-corrected chi connectivity index (χ0v) is 10.7. The molecule has 0 aliphatic heterocycles. The average Bonchev–Trinajstić information content (AvgIpc) is 2.58. The van der Waals surface area contributed by atoms with Crippen LogP contribution in [-0.4, -0.2) is 21.6 Å². The molecular formula is C11H18ClN3O. The van der Waals surface area contributed by atoms with Crippen molar-refractivity contribution >= 4 is 17.4 Å². The van der Waals surface area contributed by atoms with Crippen molar-refractivity contribution in [1.29, 1.82) is 0 Å². The number of rotatable bonds is 5. The summed E-state index contributed by atoms with van der Waals surface area (Å²) in [4.78, 5) is 12.1. The Morgan fingerprint density at radius 3 is 2.75 bits per heavy atom. The zero-order chi connectivity index (χ0) is 12.3. The Bertz CT molecular complexity index is 373. The summed E-state index contributed by atoms with van der Waals surface area (Å²) in [5.41, 5.74) is 6.27. The van der Waals surface area contributed by atoms with Gasteiger partial charge in [0.05, 0.1) is 17.3 Å². The van der Waals surface area contributed by atoms with Gasteiger partial charge in [-0.2, -0.15) is 5.10 Å². The van der Waals surface area contributed by atoms with Gasteiger partial charge in [0.2, 0.25) is 0 Å².